The van der Waals surface area contributed by atoms with E-state index >= 15 is 0 Å². The van der Waals surface area contributed by atoms with Gasteiger partial charge in [-0.1, -0.05) is 78.9 Å². The maximum absolute atomic E-state index is 12.7. The van der Waals surface area contributed by atoms with Gasteiger partial charge in [0, 0.05) is 89.9 Å². The lowest BCUT2D eigenvalue weighted by atomic mass is 9.70. The minimum Gasteiger partial charge on any atom is -0.494 e. The smallest absolute Gasteiger partial charge is 0.253 e. The Labute approximate surface area is 471 Å². The minimum absolute atomic E-state index is 0.0523. The second kappa shape index (κ2) is 28.4. The molecule has 4 aliphatic rings. The number of imide groups is 1. The van der Waals surface area contributed by atoms with Crippen molar-refractivity contribution in [2.45, 2.75) is 88.9 Å². The van der Waals surface area contributed by atoms with Gasteiger partial charge in [0.2, 0.25) is 17.7 Å². The van der Waals surface area contributed by atoms with Crippen LogP contribution in [0.5, 0.6) is 5.75 Å². The van der Waals surface area contributed by atoms with Crippen LogP contribution in [0.4, 0.5) is 0 Å². The lowest BCUT2D eigenvalue weighted by Gasteiger charge is -2.33. The molecule has 14 heteroatoms. The molecule has 14 nitrogen and oxygen atoms in total. The number of ether oxygens (including phenoxy) is 5. The van der Waals surface area contributed by atoms with Crippen molar-refractivity contribution in [1.29, 1.82) is 0 Å². The van der Waals surface area contributed by atoms with Gasteiger partial charge >= 0.3 is 0 Å². The molecule has 1 heterocycles. The highest BCUT2D eigenvalue weighted by Crippen LogP contribution is 2.55. The number of unbranched alkanes of at least 4 members (excludes halogenated alkanes) is 1. The summed E-state index contributed by atoms with van der Waals surface area (Å²) in [4.78, 5) is 62.7. The molecule has 5 aromatic carbocycles. The number of amides is 5. The number of hydrogen-bond donors (Lipinski definition) is 3. The summed E-state index contributed by atoms with van der Waals surface area (Å²) >= 11 is 0. The van der Waals surface area contributed by atoms with Gasteiger partial charge in [-0.25, -0.2) is 0 Å². The van der Waals surface area contributed by atoms with E-state index in [4.69, 9.17) is 23.7 Å². The highest BCUT2D eigenvalue weighted by atomic mass is 16.5. The number of benzene rings is 5. The van der Waals surface area contributed by atoms with Crippen molar-refractivity contribution in [2.75, 3.05) is 86.6 Å². The molecule has 80 heavy (non-hydrogen) atoms. The van der Waals surface area contributed by atoms with Gasteiger partial charge in [0.1, 0.15) is 5.75 Å². The maximum atomic E-state index is 12.7. The number of carbonyl (C=O) groups is 5. The Morgan fingerprint density at radius 1 is 0.537 bits per heavy atom. The van der Waals surface area contributed by atoms with Gasteiger partial charge in [-0.2, -0.15) is 0 Å². The molecule has 0 radical (unpaired) electrons. The van der Waals surface area contributed by atoms with Crippen LogP contribution in [-0.2, 0) is 54.8 Å². The predicted molar refractivity (Wildman–Crippen MR) is 310 cm³/mol. The summed E-state index contributed by atoms with van der Waals surface area (Å²) in [7, 11) is 3.41. The summed E-state index contributed by atoms with van der Waals surface area (Å²) < 4.78 is 28.9. The van der Waals surface area contributed by atoms with Crippen molar-refractivity contribution in [3.63, 3.8) is 0 Å². The zero-order valence-electron chi connectivity index (χ0n) is 46.6. The zero-order valence-corrected chi connectivity index (χ0v) is 46.6. The summed E-state index contributed by atoms with van der Waals surface area (Å²) in [6.07, 6.45) is 11.7. The first-order valence-electron chi connectivity index (χ1n) is 28.9. The Bertz CT molecular complexity index is 2950. The quantitative estimate of drug-likeness (QED) is 0.0281. The number of carbonyl (C=O) groups excluding carboxylic acids is 5. The Balaban J connectivity index is 0.746. The van der Waals surface area contributed by atoms with Crippen molar-refractivity contribution < 1.29 is 47.7 Å². The first kappa shape index (κ1) is 57.7. The molecule has 5 aromatic rings. The lowest BCUT2D eigenvalue weighted by Crippen LogP contribution is -2.40. The van der Waals surface area contributed by atoms with Crippen LogP contribution in [0.25, 0.3) is 44.5 Å². The number of fused-ring (bicyclic) bond motifs is 6. The largest absolute Gasteiger partial charge is 0.494 e. The standard InChI is InChI=1S/C66H78N4O10/c1-76-37-39-78-34-7-29-66(30-8-35-79-40-38-77-2)59-43-50(18-23-57(59)58-24-19-51(44-60(58)66)49-17-22-56-53(41-49)42-52-9-3-4-10-55(52)56)47-15-20-54(21-16-47)80-36-6-5-31-67-61(71)25-26-62(72)68-32-33-69-65(75)48-13-11-46(12-14-48)45-70-63(73)27-28-64(70)74/h3-4,9-10,15-24,27-28,41,43-44,46,48H,5-8,11-14,25-26,29-40,42,45H2,1-2H3,(H,67,71)(H,68,72)(H,69,75). The summed E-state index contributed by atoms with van der Waals surface area (Å²) in [5.74, 6) is -0.184. The highest BCUT2D eigenvalue weighted by molar-refractivity contribution is 6.12. The third kappa shape index (κ3) is 14.5. The lowest BCUT2D eigenvalue weighted by molar-refractivity contribution is -0.138. The van der Waals surface area contributed by atoms with Crippen molar-refractivity contribution in [2.24, 2.45) is 11.8 Å². The van der Waals surface area contributed by atoms with Crippen LogP contribution in [0.2, 0.25) is 0 Å². The van der Waals surface area contributed by atoms with Gasteiger partial charge in [0.05, 0.1) is 33.0 Å². The average molecular weight is 1090 g/mol. The van der Waals surface area contributed by atoms with Crippen LogP contribution in [0.3, 0.4) is 0 Å². The van der Waals surface area contributed by atoms with Crippen molar-refractivity contribution in [3.8, 4) is 50.3 Å². The molecule has 3 N–H and O–H groups in total. The fourth-order valence-electron chi connectivity index (χ4n) is 12.1. The topological polar surface area (TPSA) is 171 Å². The molecule has 5 amide bonds. The SMILES string of the molecule is COCCOCCCC1(CCCOCCOC)c2cc(-c3ccc(OCCCCNC(=O)CCC(=O)NCCNC(=O)C4CCC(CN5C(=O)C=CC5=O)CC4)cc3)ccc2-c2ccc(-c3ccc4c(c3)Cc3ccccc3-4)cc21. The zero-order chi connectivity index (χ0) is 55.7. The molecular formula is C66H78N4O10. The van der Waals surface area contributed by atoms with Crippen LogP contribution < -0.4 is 20.7 Å². The summed E-state index contributed by atoms with van der Waals surface area (Å²) in [6, 6.07) is 38.1. The van der Waals surface area contributed by atoms with E-state index in [1.54, 1.807) is 14.2 Å². The van der Waals surface area contributed by atoms with E-state index in [2.05, 4.69) is 107 Å². The number of hydrogen-bond acceptors (Lipinski definition) is 10. The first-order valence-corrected chi connectivity index (χ1v) is 28.9. The number of nitrogens with zero attached hydrogens (tertiary/aromatic N) is 1. The van der Waals surface area contributed by atoms with Crippen LogP contribution in [-0.4, -0.2) is 121 Å². The molecule has 422 valence electrons. The molecule has 0 aromatic heterocycles. The summed E-state index contributed by atoms with van der Waals surface area (Å²) in [5.41, 5.74) is 15.1. The first-order chi connectivity index (χ1) is 39.1. The minimum atomic E-state index is -0.275. The maximum Gasteiger partial charge on any atom is 0.253 e. The van der Waals surface area contributed by atoms with Crippen molar-refractivity contribution in [1.82, 2.24) is 20.9 Å². The predicted octanol–water partition coefficient (Wildman–Crippen LogP) is 9.76. The number of nitrogens with one attached hydrogen (secondary N) is 3. The van der Waals surface area contributed by atoms with Crippen LogP contribution in [0, 0.1) is 11.8 Å². The third-order valence-corrected chi connectivity index (χ3v) is 16.4. The Hall–Kier alpha value is -6.97. The normalized spacial score (nSPS) is 16.5. The molecule has 3 aliphatic carbocycles. The van der Waals surface area contributed by atoms with E-state index in [1.165, 1.54) is 72.7 Å². The molecule has 0 spiro atoms. The van der Waals surface area contributed by atoms with Gasteiger partial charge in [-0.15, -0.1) is 0 Å². The molecule has 1 saturated carbocycles. The Morgan fingerprint density at radius 3 is 1.73 bits per heavy atom. The van der Waals surface area contributed by atoms with E-state index < -0.39 is 0 Å². The van der Waals surface area contributed by atoms with E-state index in [9.17, 15) is 24.0 Å². The molecule has 0 bridgehead atoms. The number of methoxy groups -OCH3 is 2. The molecule has 0 saturated heterocycles. The van der Waals surface area contributed by atoms with Gasteiger partial charge in [-0.05, 0) is 168 Å². The monoisotopic (exact) mass is 1090 g/mol. The highest BCUT2D eigenvalue weighted by Gasteiger charge is 2.43. The van der Waals surface area contributed by atoms with Gasteiger partial charge < -0.3 is 39.6 Å². The van der Waals surface area contributed by atoms with Crippen molar-refractivity contribution >= 4 is 29.5 Å². The van der Waals surface area contributed by atoms with Crippen LogP contribution in [0.1, 0.15) is 99.3 Å². The molecule has 0 atom stereocenters. The van der Waals surface area contributed by atoms with Crippen LogP contribution >= 0.6 is 0 Å². The van der Waals surface area contributed by atoms with Crippen LogP contribution in [0.15, 0.2) is 115 Å². The molecule has 1 fully saturated rings. The van der Waals surface area contributed by atoms with E-state index in [0.29, 0.717) is 78.7 Å². The third-order valence-electron chi connectivity index (χ3n) is 16.4. The second-order valence-electron chi connectivity index (χ2n) is 21.6. The molecule has 9 rings (SSSR count). The molecule has 1 aliphatic heterocycles. The van der Waals surface area contributed by atoms with Gasteiger partial charge in [-0.3, -0.25) is 28.9 Å². The molecule has 0 unspecified atom stereocenters. The Morgan fingerprint density at radius 2 is 1.09 bits per heavy atom. The summed E-state index contributed by atoms with van der Waals surface area (Å²) in [6.45, 7) is 5.51. The summed E-state index contributed by atoms with van der Waals surface area (Å²) in [5, 5.41) is 8.59. The number of rotatable bonds is 31. The van der Waals surface area contributed by atoms with E-state index in [-0.39, 0.29) is 66.2 Å². The van der Waals surface area contributed by atoms with Gasteiger partial charge in [0.15, 0.2) is 0 Å². The Kier molecular flexibility index (Phi) is 20.5. The van der Waals surface area contributed by atoms with E-state index in [0.717, 1.165) is 74.7 Å². The van der Waals surface area contributed by atoms with Gasteiger partial charge in [0.25, 0.3) is 11.8 Å². The fourth-order valence-corrected chi connectivity index (χ4v) is 12.1. The fraction of sp³-hybridized carbons (Fsp3) is 0.439. The average Bonchev–Trinajstić information content (AvgIpc) is 4.32. The second-order valence-corrected chi connectivity index (χ2v) is 21.6. The van der Waals surface area contributed by atoms with E-state index in [1.807, 2.05) is 12.1 Å². The van der Waals surface area contributed by atoms with Crippen molar-refractivity contribution in [3.05, 3.63) is 138 Å². The molecular weight excluding hydrogens is 1010 g/mol.